The summed E-state index contributed by atoms with van der Waals surface area (Å²) < 4.78 is 42.1. The fourth-order valence-electron chi connectivity index (χ4n) is 2.77. The number of fused-ring (bicyclic) bond motifs is 1. The smallest absolute Gasteiger partial charge is 0.343 e. The third kappa shape index (κ3) is 3.48. The fourth-order valence-corrected chi connectivity index (χ4v) is 3.02. The molecule has 0 aromatic carbocycles. The number of amides is 1. The van der Waals surface area contributed by atoms with Gasteiger partial charge in [-0.1, -0.05) is 11.6 Å². The van der Waals surface area contributed by atoms with E-state index in [1.807, 2.05) is 6.92 Å². The number of halogens is 4. The highest BCUT2D eigenvalue weighted by atomic mass is 35.5. The molecule has 0 saturated heterocycles. The number of nitrogens with zero attached hydrogens (tertiary/aromatic N) is 5. The molecule has 0 aliphatic heterocycles. The lowest BCUT2D eigenvalue weighted by Gasteiger charge is -2.14. The first-order valence-electron chi connectivity index (χ1n) is 8.09. The van der Waals surface area contributed by atoms with Crippen LogP contribution in [0.5, 0.6) is 0 Å². The molecular formula is C16H16ClF3N6O. The van der Waals surface area contributed by atoms with Crippen molar-refractivity contribution in [3.8, 4) is 0 Å². The lowest BCUT2D eigenvalue weighted by atomic mass is 10.2. The van der Waals surface area contributed by atoms with Crippen molar-refractivity contribution < 1.29 is 18.0 Å². The second kappa shape index (κ2) is 6.84. The summed E-state index contributed by atoms with van der Waals surface area (Å²) in [6.07, 6.45) is -3.07. The van der Waals surface area contributed by atoms with Crippen LogP contribution in [-0.4, -0.2) is 30.3 Å². The molecular weight excluding hydrogens is 385 g/mol. The summed E-state index contributed by atoms with van der Waals surface area (Å²) in [5.74, 6) is -0.701. The van der Waals surface area contributed by atoms with Crippen LogP contribution in [0, 0.1) is 6.92 Å². The van der Waals surface area contributed by atoms with Crippen molar-refractivity contribution in [2.75, 3.05) is 0 Å². The maximum atomic E-state index is 13.3. The van der Waals surface area contributed by atoms with E-state index < -0.39 is 23.8 Å². The average Bonchev–Trinajstić information content (AvgIpc) is 3.18. The summed E-state index contributed by atoms with van der Waals surface area (Å²) in [5.41, 5.74) is -0.738. The number of aromatic nitrogens is 5. The van der Waals surface area contributed by atoms with Crippen LogP contribution in [0.15, 0.2) is 18.3 Å². The molecule has 3 heterocycles. The molecule has 1 N–H and O–H groups in total. The number of carbonyl (C=O) groups excluding carboxylic acids is 1. The van der Waals surface area contributed by atoms with Gasteiger partial charge in [0.25, 0.3) is 5.91 Å². The highest BCUT2D eigenvalue weighted by Crippen LogP contribution is 2.32. The molecule has 3 aromatic rings. The Balaban J connectivity index is 1.99. The Morgan fingerprint density at radius 3 is 2.74 bits per heavy atom. The summed E-state index contributed by atoms with van der Waals surface area (Å²) in [7, 11) is 0. The molecule has 0 radical (unpaired) electrons. The topological polar surface area (TPSA) is 77.1 Å². The Bertz CT molecular complexity index is 1010. The van der Waals surface area contributed by atoms with Crippen molar-refractivity contribution in [1.29, 1.82) is 0 Å². The standard InChI is InChI=1S/C16H16ClF3N6O/c1-4-25-10(5-6-21-25)9(3)23-15(27)13-12(17)14-22-8(2)7-11(16(18,19)20)26(14)24-13/h5-7,9H,4H2,1-3H3,(H,23,27). The van der Waals surface area contributed by atoms with E-state index in [0.29, 0.717) is 11.1 Å². The summed E-state index contributed by atoms with van der Waals surface area (Å²) in [6.45, 7) is 5.65. The highest BCUT2D eigenvalue weighted by molar-refractivity contribution is 6.36. The van der Waals surface area contributed by atoms with E-state index in [1.54, 1.807) is 23.9 Å². The van der Waals surface area contributed by atoms with Gasteiger partial charge in [0, 0.05) is 18.4 Å². The van der Waals surface area contributed by atoms with Crippen molar-refractivity contribution >= 4 is 23.2 Å². The maximum Gasteiger partial charge on any atom is 0.433 e. The van der Waals surface area contributed by atoms with E-state index in [1.165, 1.54) is 6.92 Å². The van der Waals surface area contributed by atoms with Gasteiger partial charge in [0.1, 0.15) is 10.7 Å². The highest BCUT2D eigenvalue weighted by Gasteiger charge is 2.36. The van der Waals surface area contributed by atoms with Crippen molar-refractivity contribution in [3.05, 3.63) is 46.1 Å². The van der Waals surface area contributed by atoms with Gasteiger partial charge in [-0.05, 0) is 32.9 Å². The Morgan fingerprint density at radius 2 is 2.11 bits per heavy atom. The third-order valence-electron chi connectivity index (χ3n) is 4.01. The van der Waals surface area contributed by atoms with Crippen LogP contribution in [0.1, 0.15) is 47.5 Å². The maximum absolute atomic E-state index is 13.3. The second-order valence-corrected chi connectivity index (χ2v) is 6.32. The molecule has 0 aliphatic carbocycles. The lowest BCUT2D eigenvalue weighted by Crippen LogP contribution is -2.29. The van der Waals surface area contributed by atoms with Gasteiger partial charge in [0.05, 0.1) is 11.7 Å². The van der Waals surface area contributed by atoms with Gasteiger partial charge in [-0.25, -0.2) is 9.50 Å². The minimum Gasteiger partial charge on any atom is -0.343 e. The van der Waals surface area contributed by atoms with Crippen molar-refractivity contribution in [2.45, 2.75) is 39.5 Å². The van der Waals surface area contributed by atoms with E-state index >= 15 is 0 Å². The summed E-state index contributed by atoms with van der Waals surface area (Å²) >= 11 is 6.12. The predicted molar refractivity (Wildman–Crippen MR) is 91.5 cm³/mol. The molecule has 0 spiro atoms. The number of carbonyl (C=O) groups is 1. The molecule has 1 amide bonds. The molecule has 3 rings (SSSR count). The van der Waals surface area contributed by atoms with Crippen LogP contribution in [0.4, 0.5) is 13.2 Å². The monoisotopic (exact) mass is 400 g/mol. The van der Waals surface area contributed by atoms with Gasteiger partial charge >= 0.3 is 6.18 Å². The summed E-state index contributed by atoms with van der Waals surface area (Å²) in [6, 6.07) is 2.14. The zero-order valence-electron chi connectivity index (χ0n) is 14.7. The number of rotatable bonds is 4. The molecule has 3 aromatic heterocycles. The molecule has 27 heavy (non-hydrogen) atoms. The van der Waals surface area contributed by atoms with E-state index in [2.05, 4.69) is 20.5 Å². The molecule has 0 fully saturated rings. The Labute approximate surface area is 157 Å². The fraction of sp³-hybridized carbons (Fsp3) is 0.375. The first-order valence-corrected chi connectivity index (χ1v) is 8.47. The van der Waals surface area contributed by atoms with E-state index in [-0.39, 0.29) is 22.1 Å². The Morgan fingerprint density at radius 1 is 1.41 bits per heavy atom. The molecule has 11 heteroatoms. The van der Waals surface area contributed by atoms with Crippen molar-refractivity contribution in [2.24, 2.45) is 0 Å². The number of alkyl halides is 3. The minimum atomic E-state index is -4.67. The molecule has 1 atom stereocenters. The first kappa shape index (κ1) is 19.2. The Hall–Kier alpha value is -2.62. The zero-order chi connectivity index (χ0) is 19.9. The van der Waals surface area contributed by atoms with Crippen molar-refractivity contribution in [1.82, 2.24) is 29.7 Å². The van der Waals surface area contributed by atoms with Gasteiger partial charge < -0.3 is 5.32 Å². The van der Waals surface area contributed by atoms with Gasteiger partial charge in [-0.3, -0.25) is 9.48 Å². The van der Waals surface area contributed by atoms with Gasteiger partial charge in [0.15, 0.2) is 11.3 Å². The second-order valence-electron chi connectivity index (χ2n) is 5.95. The number of hydrogen-bond donors (Lipinski definition) is 1. The predicted octanol–water partition coefficient (Wildman–Crippen LogP) is 3.42. The zero-order valence-corrected chi connectivity index (χ0v) is 15.4. The SMILES string of the molecule is CCn1nccc1C(C)NC(=O)c1nn2c(C(F)(F)F)cc(C)nc2c1Cl. The van der Waals surface area contributed by atoms with Crippen LogP contribution >= 0.6 is 11.6 Å². The van der Waals surface area contributed by atoms with E-state index in [0.717, 1.165) is 11.8 Å². The molecule has 1 unspecified atom stereocenters. The van der Waals surface area contributed by atoms with E-state index in [4.69, 9.17) is 11.6 Å². The van der Waals surface area contributed by atoms with Crippen LogP contribution in [0.2, 0.25) is 5.02 Å². The number of aryl methyl sites for hydroxylation is 2. The molecule has 0 aliphatic rings. The van der Waals surface area contributed by atoms with Crippen LogP contribution in [0.3, 0.4) is 0 Å². The normalized spacial score (nSPS) is 13.1. The number of hydrogen-bond acceptors (Lipinski definition) is 4. The third-order valence-corrected chi connectivity index (χ3v) is 4.35. The van der Waals surface area contributed by atoms with Crippen LogP contribution < -0.4 is 5.32 Å². The van der Waals surface area contributed by atoms with E-state index in [9.17, 15) is 18.0 Å². The molecule has 7 nitrogen and oxygen atoms in total. The van der Waals surface area contributed by atoms with Crippen LogP contribution in [0.25, 0.3) is 5.65 Å². The van der Waals surface area contributed by atoms with Crippen LogP contribution in [-0.2, 0) is 12.7 Å². The molecule has 0 saturated carbocycles. The number of nitrogens with one attached hydrogen (secondary N) is 1. The Kier molecular flexibility index (Phi) is 4.85. The quantitative estimate of drug-likeness (QED) is 0.728. The molecule has 0 bridgehead atoms. The van der Waals surface area contributed by atoms with Gasteiger partial charge in [-0.15, -0.1) is 0 Å². The van der Waals surface area contributed by atoms with Gasteiger partial charge in [0.2, 0.25) is 0 Å². The molecule has 144 valence electrons. The lowest BCUT2D eigenvalue weighted by molar-refractivity contribution is -0.142. The minimum absolute atomic E-state index is 0.115. The summed E-state index contributed by atoms with van der Waals surface area (Å²) in [5, 5.41) is 10.3. The first-order chi connectivity index (χ1) is 12.6. The largest absolute Gasteiger partial charge is 0.433 e. The van der Waals surface area contributed by atoms with Gasteiger partial charge in [-0.2, -0.15) is 23.4 Å². The van der Waals surface area contributed by atoms with Crippen molar-refractivity contribution in [3.63, 3.8) is 0 Å². The summed E-state index contributed by atoms with van der Waals surface area (Å²) in [4.78, 5) is 16.6. The average molecular weight is 401 g/mol.